The van der Waals surface area contributed by atoms with Crippen molar-refractivity contribution >= 4 is 11.7 Å². The van der Waals surface area contributed by atoms with Crippen LogP contribution >= 0.6 is 0 Å². The van der Waals surface area contributed by atoms with Crippen molar-refractivity contribution < 1.29 is 4.79 Å². The Balaban J connectivity index is 2.28. The molecule has 1 N–H and O–H groups in total. The van der Waals surface area contributed by atoms with Crippen LogP contribution in [0.15, 0.2) is 18.3 Å². The zero-order valence-electron chi connectivity index (χ0n) is 12.7. The molecule has 1 aliphatic rings. The van der Waals surface area contributed by atoms with E-state index in [1.165, 1.54) is 6.42 Å². The van der Waals surface area contributed by atoms with Gasteiger partial charge in [0, 0.05) is 31.3 Å². The summed E-state index contributed by atoms with van der Waals surface area (Å²) in [5.41, 5.74) is 1.16. The monoisotopic (exact) mass is 275 g/mol. The lowest BCUT2D eigenvalue weighted by Gasteiger charge is -2.36. The molecular weight excluding hydrogens is 250 g/mol. The highest BCUT2D eigenvalue weighted by atomic mass is 16.2. The minimum Gasteiger partial charge on any atom is -0.367 e. The molecule has 0 radical (unpaired) electrons. The van der Waals surface area contributed by atoms with Gasteiger partial charge in [-0.05, 0) is 38.7 Å². The Labute approximate surface area is 121 Å². The van der Waals surface area contributed by atoms with Gasteiger partial charge in [-0.2, -0.15) is 0 Å². The van der Waals surface area contributed by atoms with Crippen LogP contribution in [0.4, 0.5) is 5.82 Å². The van der Waals surface area contributed by atoms with E-state index in [1.54, 1.807) is 6.92 Å². The summed E-state index contributed by atoms with van der Waals surface area (Å²) in [5, 5.41) is 3.47. The van der Waals surface area contributed by atoms with Crippen LogP contribution in [-0.4, -0.2) is 28.4 Å². The molecule has 1 amide bonds. The molecule has 0 unspecified atom stereocenters. The van der Waals surface area contributed by atoms with Crippen LogP contribution in [0.2, 0.25) is 0 Å². The lowest BCUT2D eigenvalue weighted by Crippen LogP contribution is -2.37. The second-order valence-corrected chi connectivity index (χ2v) is 5.62. The molecule has 0 aromatic carbocycles. The van der Waals surface area contributed by atoms with Gasteiger partial charge in [0.2, 0.25) is 5.91 Å². The predicted octanol–water partition coefficient (Wildman–Crippen LogP) is 3.37. The van der Waals surface area contributed by atoms with Crippen molar-refractivity contribution in [3.8, 4) is 0 Å². The second-order valence-electron chi connectivity index (χ2n) is 5.62. The Hall–Kier alpha value is -1.58. The molecule has 0 spiro atoms. The second kappa shape index (κ2) is 6.73. The van der Waals surface area contributed by atoms with Gasteiger partial charge in [0.1, 0.15) is 5.82 Å². The van der Waals surface area contributed by atoms with E-state index in [0.717, 1.165) is 37.2 Å². The number of anilines is 1. The minimum atomic E-state index is 0.160. The number of nitrogens with one attached hydrogen (secondary N) is 1. The van der Waals surface area contributed by atoms with Gasteiger partial charge in [0.05, 0.1) is 6.04 Å². The molecule has 0 aliphatic carbocycles. The third-order valence-corrected chi connectivity index (χ3v) is 4.10. The van der Waals surface area contributed by atoms with Crippen LogP contribution < -0.4 is 5.32 Å². The Morgan fingerprint density at radius 3 is 3.05 bits per heavy atom. The van der Waals surface area contributed by atoms with E-state index in [2.05, 4.69) is 30.2 Å². The standard InChI is InChI=1S/C16H25N3O/c1-4-12(2)18-16-14(8-7-10-17-16)15-9-5-6-11-19(15)13(3)20/h7-8,10,12,15H,4-6,9,11H2,1-3H3,(H,17,18)/t12-,15+/m1/s1. The van der Waals surface area contributed by atoms with Gasteiger partial charge in [-0.1, -0.05) is 13.0 Å². The number of nitrogens with zero attached hydrogens (tertiary/aromatic N) is 2. The first-order valence-electron chi connectivity index (χ1n) is 7.62. The van der Waals surface area contributed by atoms with E-state index in [9.17, 15) is 4.79 Å². The van der Waals surface area contributed by atoms with Gasteiger partial charge in [-0.25, -0.2) is 4.98 Å². The predicted molar refractivity (Wildman–Crippen MR) is 81.6 cm³/mol. The van der Waals surface area contributed by atoms with Crippen LogP contribution in [-0.2, 0) is 4.79 Å². The number of carbonyl (C=O) groups excluding carboxylic acids is 1. The lowest BCUT2D eigenvalue weighted by molar-refractivity contribution is -0.132. The molecule has 1 aromatic heterocycles. The van der Waals surface area contributed by atoms with Gasteiger partial charge in [-0.15, -0.1) is 0 Å². The molecule has 2 rings (SSSR count). The summed E-state index contributed by atoms with van der Waals surface area (Å²) in [4.78, 5) is 18.3. The number of likely N-dealkylation sites (tertiary alicyclic amines) is 1. The SMILES string of the molecule is CC[C@@H](C)Nc1ncccc1[C@@H]1CCCCN1C(C)=O. The Bertz CT molecular complexity index is 461. The number of hydrogen-bond acceptors (Lipinski definition) is 3. The third-order valence-electron chi connectivity index (χ3n) is 4.10. The van der Waals surface area contributed by atoms with Gasteiger partial charge in [0.15, 0.2) is 0 Å². The molecule has 0 saturated carbocycles. The summed E-state index contributed by atoms with van der Waals surface area (Å²) in [6.07, 6.45) is 6.17. The van der Waals surface area contributed by atoms with Crippen LogP contribution in [0.5, 0.6) is 0 Å². The maximum atomic E-state index is 11.9. The number of aromatic nitrogens is 1. The average Bonchev–Trinajstić information content (AvgIpc) is 2.47. The van der Waals surface area contributed by atoms with Crippen LogP contribution in [0, 0.1) is 0 Å². The number of carbonyl (C=O) groups is 1. The molecule has 4 nitrogen and oxygen atoms in total. The van der Waals surface area contributed by atoms with Crippen LogP contribution in [0.3, 0.4) is 0 Å². The molecule has 0 bridgehead atoms. The summed E-state index contributed by atoms with van der Waals surface area (Å²) in [5.74, 6) is 1.09. The molecule has 2 atom stereocenters. The van der Waals surface area contributed by atoms with Gasteiger partial charge in [0.25, 0.3) is 0 Å². The van der Waals surface area contributed by atoms with E-state index >= 15 is 0 Å². The Kier molecular flexibility index (Phi) is 4.99. The maximum Gasteiger partial charge on any atom is 0.219 e. The van der Waals surface area contributed by atoms with Crippen molar-refractivity contribution in [3.05, 3.63) is 23.9 Å². The molecule has 1 aliphatic heterocycles. The van der Waals surface area contributed by atoms with Crippen molar-refractivity contribution in [3.63, 3.8) is 0 Å². The largest absolute Gasteiger partial charge is 0.367 e. The molecule has 2 heterocycles. The van der Waals surface area contributed by atoms with Crippen molar-refractivity contribution in [2.24, 2.45) is 0 Å². The summed E-state index contributed by atoms with van der Waals surface area (Å²) >= 11 is 0. The lowest BCUT2D eigenvalue weighted by atomic mass is 9.95. The molecular formula is C16H25N3O. The van der Waals surface area contributed by atoms with Gasteiger partial charge >= 0.3 is 0 Å². The zero-order chi connectivity index (χ0) is 14.5. The van der Waals surface area contributed by atoms with Crippen molar-refractivity contribution in [2.45, 2.75) is 58.5 Å². The average molecular weight is 275 g/mol. The molecule has 20 heavy (non-hydrogen) atoms. The van der Waals surface area contributed by atoms with Crippen LogP contribution in [0.25, 0.3) is 0 Å². The summed E-state index contributed by atoms with van der Waals surface area (Å²) in [6, 6.07) is 4.62. The number of piperidine rings is 1. The topological polar surface area (TPSA) is 45.2 Å². The molecule has 1 aromatic rings. The molecule has 4 heteroatoms. The highest BCUT2D eigenvalue weighted by Crippen LogP contribution is 2.34. The van der Waals surface area contributed by atoms with E-state index in [1.807, 2.05) is 17.2 Å². The van der Waals surface area contributed by atoms with Crippen molar-refractivity contribution in [1.29, 1.82) is 0 Å². The normalized spacial score (nSPS) is 20.6. The molecule has 110 valence electrons. The van der Waals surface area contributed by atoms with Crippen LogP contribution in [0.1, 0.15) is 58.1 Å². The van der Waals surface area contributed by atoms with E-state index in [-0.39, 0.29) is 11.9 Å². The smallest absolute Gasteiger partial charge is 0.219 e. The Morgan fingerprint density at radius 2 is 2.35 bits per heavy atom. The van der Waals surface area contributed by atoms with E-state index in [4.69, 9.17) is 0 Å². The highest BCUT2D eigenvalue weighted by Gasteiger charge is 2.28. The van der Waals surface area contributed by atoms with Crippen molar-refractivity contribution in [2.75, 3.05) is 11.9 Å². The maximum absolute atomic E-state index is 11.9. The number of pyridine rings is 1. The van der Waals surface area contributed by atoms with E-state index < -0.39 is 0 Å². The number of amides is 1. The first-order chi connectivity index (χ1) is 9.63. The molecule has 1 saturated heterocycles. The fraction of sp³-hybridized carbons (Fsp3) is 0.625. The van der Waals surface area contributed by atoms with Gasteiger partial charge in [-0.3, -0.25) is 4.79 Å². The summed E-state index contributed by atoms with van der Waals surface area (Å²) < 4.78 is 0. The third kappa shape index (κ3) is 3.30. The number of hydrogen-bond donors (Lipinski definition) is 1. The summed E-state index contributed by atoms with van der Waals surface area (Å²) in [6.45, 7) is 6.83. The first kappa shape index (κ1) is 14.8. The first-order valence-corrected chi connectivity index (χ1v) is 7.62. The number of rotatable bonds is 4. The fourth-order valence-electron chi connectivity index (χ4n) is 2.77. The minimum absolute atomic E-state index is 0.160. The summed E-state index contributed by atoms with van der Waals surface area (Å²) in [7, 11) is 0. The highest BCUT2D eigenvalue weighted by molar-refractivity contribution is 5.74. The van der Waals surface area contributed by atoms with Crippen molar-refractivity contribution in [1.82, 2.24) is 9.88 Å². The fourth-order valence-corrected chi connectivity index (χ4v) is 2.77. The zero-order valence-corrected chi connectivity index (χ0v) is 12.7. The quantitative estimate of drug-likeness (QED) is 0.916. The van der Waals surface area contributed by atoms with E-state index in [0.29, 0.717) is 6.04 Å². The van der Waals surface area contributed by atoms with Gasteiger partial charge < -0.3 is 10.2 Å². The Morgan fingerprint density at radius 1 is 1.55 bits per heavy atom. The molecule has 1 fully saturated rings.